The summed E-state index contributed by atoms with van der Waals surface area (Å²) >= 11 is 0. The van der Waals surface area contributed by atoms with Crippen LogP contribution in [-0.2, 0) is 11.3 Å². The summed E-state index contributed by atoms with van der Waals surface area (Å²) in [6.07, 6.45) is 8.44. The summed E-state index contributed by atoms with van der Waals surface area (Å²) in [6, 6.07) is 0.326. The van der Waals surface area contributed by atoms with E-state index >= 15 is 0 Å². The molecule has 0 bridgehead atoms. The van der Waals surface area contributed by atoms with Crippen molar-refractivity contribution in [3.8, 4) is 0 Å². The van der Waals surface area contributed by atoms with E-state index in [-0.39, 0.29) is 11.3 Å². The van der Waals surface area contributed by atoms with Crippen LogP contribution in [0.3, 0.4) is 0 Å². The zero-order chi connectivity index (χ0) is 14.6. The standard InChI is InChI=1S/C15H26N4O/c1-15(2,3)12-6-4-5-7-13(12)18-14(20)8-9-19-11-16-10-17-19/h10-13H,4-9H2,1-3H3,(H,18,20)/t12-,13+/m0/s1. The van der Waals surface area contributed by atoms with Crippen molar-refractivity contribution in [1.29, 1.82) is 0 Å². The van der Waals surface area contributed by atoms with Crippen LogP contribution in [0.25, 0.3) is 0 Å². The number of rotatable bonds is 4. The normalized spacial score (nSPS) is 23.6. The van der Waals surface area contributed by atoms with Gasteiger partial charge in [0.2, 0.25) is 5.91 Å². The van der Waals surface area contributed by atoms with E-state index in [0.29, 0.717) is 24.9 Å². The molecule has 1 aliphatic rings. The number of aryl methyl sites for hydroxylation is 1. The molecule has 0 aromatic carbocycles. The average molecular weight is 278 g/mol. The van der Waals surface area contributed by atoms with Crippen molar-refractivity contribution < 1.29 is 4.79 Å². The van der Waals surface area contributed by atoms with Crippen molar-refractivity contribution in [3.05, 3.63) is 12.7 Å². The first-order valence-corrected chi connectivity index (χ1v) is 7.58. The first-order valence-electron chi connectivity index (χ1n) is 7.58. The summed E-state index contributed by atoms with van der Waals surface area (Å²) in [4.78, 5) is 16.0. The quantitative estimate of drug-likeness (QED) is 0.920. The van der Waals surface area contributed by atoms with E-state index in [9.17, 15) is 4.79 Å². The molecule has 0 spiro atoms. The third kappa shape index (κ3) is 4.05. The van der Waals surface area contributed by atoms with Gasteiger partial charge < -0.3 is 5.32 Å². The third-order valence-electron chi connectivity index (χ3n) is 4.26. The van der Waals surface area contributed by atoms with Crippen molar-refractivity contribution in [1.82, 2.24) is 20.1 Å². The largest absolute Gasteiger partial charge is 0.353 e. The second-order valence-corrected chi connectivity index (χ2v) is 6.84. The highest BCUT2D eigenvalue weighted by Crippen LogP contribution is 2.37. The van der Waals surface area contributed by atoms with Crippen LogP contribution in [0.1, 0.15) is 52.9 Å². The van der Waals surface area contributed by atoms with Crippen molar-refractivity contribution in [3.63, 3.8) is 0 Å². The number of nitrogens with zero attached hydrogens (tertiary/aromatic N) is 3. The van der Waals surface area contributed by atoms with E-state index < -0.39 is 0 Å². The molecule has 1 aromatic heterocycles. The Morgan fingerprint density at radius 1 is 1.35 bits per heavy atom. The van der Waals surface area contributed by atoms with Gasteiger partial charge in [0.25, 0.3) is 0 Å². The molecular formula is C15H26N4O. The number of nitrogens with one attached hydrogen (secondary N) is 1. The van der Waals surface area contributed by atoms with Gasteiger partial charge in [0.1, 0.15) is 12.7 Å². The van der Waals surface area contributed by atoms with Crippen molar-refractivity contribution in [2.24, 2.45) is 11.3 Å². The maximum atomic E-state index is 12.1. The molecule has 2 rings (SSSR count). The number of amides is 1. The molecule has 2 atom stereocenters. The van der Waals surface area contributed by atoms with Crippen LogP contribution >= 0.6 is 0 Å². The van der Waals surface area contributed by atoms with Crippen LogP contribution in [0.15, 0.2) is 12.7 Å². The molecular weight excluding hydrogens is 252 g/mol. The Hall–Kier alpha value is -1.39. The van der Waals surface area contributed by atoms with Crippen LogP contribution in [0.5, 0.6) is 0 Å². The molecule has 5 heteroatoms. The second kappa shape index (κ2) is 6.37. The van der Waals surface area contributed by atoms with Gasteiger partial charge in [-0.3, -0.25) is 9.48 Å². The van der Waals surface area contributed by atoms with E-state index in [2.05, 4.69) is 36.2 Å². The number of carbonyl (C=O) groups excluding carboxylic acids is 1. The number of carbonyl (C=O) groups is 1. The number of hydrogen-bond donors (Lipinski definition) is 1. The van der Waals surface area contributed by atoms with Gasteiger partial charge >= 0.3 is 0 Å². The zero-order valence-electron chi connectivity index (χ0n) is 12.8. The summed E-state index contributed by atoms with van der Waals surface area (Å²) in [5.41, 5.74) is 0.254. The number of aromatic nitrogens is 3. The SMILES string of the molecule is CC(C)(C)[C@H]1CCCC[C@H]1NC(=O)CCn1cncn1. The van der Waals surface area contributed by atoms with Gasteiger partial charge in [0.15, 0.2) is 0 Å². The molecule has 1 amide bonds. The van der Waals surface area contributed by atoms with Crippen molar-refractivity contribution in [2.45, 2.75) is 65.5 Å². The highest BCUT2D eigenvalue weighted by molar-refractivity contribution is 5.76. The maximum Gasteiger partial charge on any atom is 0.222 e. The van der Waals surface area contributed by atoms with E-state index in [1.807, 2.05) is 0 Å². The Morgan fingerprint density at radius 3 is 2.75 bits per heavy atom. The maximum absolute atomic E-state index is 12.1. The van der Waals surface area contributed by atoms with Crippen molar-refractivity contribution in [2.75, 3.05) is 0 Å². The minimum absolute atomic E-state index is 0.127. The van der Waals surface area contributed by atoms with Gasteiger partial charge in [-0.15, -0.1) is 0 Å². The Kier molecular flexibility index (Phi) is 4.78. The lowest BCUT2D eigenvalue weighted by Gasteiger charge is -2.40. The summed E-state index contributed by atoms with van der Waals surface area (Å²) in [5, 5.41) is 7.25. The van der Waals surface area contributed by atoms with E-state index in [1.54, 1.807) is 11.0 Å². The fourth-order valence-electron chi connectivity index (χ4n) is 3.18. The second-order valence-electron chi connectivity index (χ2n) is 6.84. The lowest BCUT2D eigenvalue weighted by molar-refractivity contribution is -0.123. The molecule has 1 fully saturated rings. The Balaban J connectivity index is 1.85. The van der Waals surface area contributed by atoms with Gasteiger partial charge in [-0.1, -0.05) is 33.6 Å². The molecule has 0 radical (unpaired) electrons. The summed E-state index contributed by atoms with van der Waals surface area (Å²) in [6.45, 7) is 7.42. The molecule has 1 aliphatic carbocycles. The zero-order valence-corrected chi connectivity index (χ0v) is 12.8. The van der Waals surface area contributed by atoms with Crippen LogP contribution < -0.4 is 5.32 Å². The molecule has 0 saturated heterocycles. The minimum Gasteiger partial charge on any atom is -0.353 e. The molecule has 1 N–H and O–H groups in total. The molecule has 112 valence electrons. The molecule has 5 nitrogen and oxygen atoms in total. The van der Waals surface area contributed by atoms with Gasteiger partial charge in [-0.25, -0.2) is 4.98 Å². The summed E-state index contributed by atoms with van der Waals surface area (Å²) in [5.74, 6) is 0.702. The van der Waals surface area contributed by atoms with Crippen LogP contribution in [0.2, 0.25) is 0 Å². The predicted molar refractivity (Wildman–Crippen MR) is 78.0 cm³/mol. The van der Waals surface area contributed by atoms with E-state index in [4.69, 9.17) is 0 Å². The lowest BCUT2D eigenvalue weighted by atomic mass is 9.69. The molecule has 1 heterocycles. The topological polar surface area (TPSA) is 59.8 Å². The summed E-state index contributed by atoms with van der Waals surface area (Å²) in [7, 11) is 0. The highest BCUT2D eigenvalue weighted by atomic mass is 16.1. The first kappa shape index (κ1) is 15.0. The van der Waals surface area contributed by atoms with E-state index in [0.717, 1.165) is 6.42 Å². The van der Waals surface area contributed by atoms with Gasteiger partial charge in [0, 0.05) is 12.5 Å². The Labute approximate surface area is 121 Å². The van der Waals surface area contributed by atoms with Crippen molar-refractivity contribution >= 4 is 5.91 Å². The summed E-state index contributed by atoms with van der Waals surface area (Å²) < 4.78 is 1.70. The molecule has 0 unspecified atom stereocenters. The molecule has 20 heavy (non-hydrogen) atoms. The lowest BCUT2D eigenvalue weighted by Crippen LogP contribution is -2.46. The highest BCUT2D eigenvalue weighted by Gasteiger charge is 2.34. The first-order chi connectivity index (χ1) is 9.47. The van der Waals surface area contributed by atoms with Gasteiger partial charge in [0.05, 0.1) is 6.54 Å². The van der Waals surface area contributed by atoms with Crippen LogP contribution in [0, 0.1) is 11.3 Å². The van der Waals surface area contributed by atoms with Gasteiger partial charge in [-0.05, 0) is 24.2 Å². The van der Waals surface area contributed by atoms with Crippen LogP contribution in [0.4, 0.5) is 0 Å². The average Bonchev–Trinajstić information content (AvgIpc) is 2.89. The smallest absolute Gasteiger partial charge is 0.222 e. The third-order valence-corrected chi connectivity index (χ3v) is 4.26. The Morgan fingerprint density at radius 2 is 2.10 bits per heavy atom. The molecule has 1 aromatic rings. The molecule has 0 aliphatic heterocycles. The fraction of sp³-hybridized carbons (Fsp3) is 0.800. The van der Waals surface area contributed by atoms with E-state index in [1.165, 1.54) is 25.6 Å². The Bertz CT molecular complexity index is 422. The van der Waals surface area contributed by atoms with Gasteiger partial charge in [-0.2, -0.15) is 5.10 Å². The molecule has 1 saturated carbocycles. The predicted octanol–water partition coefficient (Wildman–Crippen LogP) is 2.39. The van der Waals surface area contributed by atoms with Crippen LogP contribution in [-0.4, -0.2) is 26.7 Å². The fourth-order valence-corrected chi connectivity index (χ4v) is 3.18. The monoisotopic (exact) mass is 278 g/mol. The minimum atomic E-state index is 0.127. The number of hydrogen-bond acceptors (Lipinski definition) is 3.